The number of carbonyl (C=O) groups is 3. The van der Waals surface area contributed by atoms with Crippen LogP contribution in [0.2, 0.25) is 0 Å². The van der Waals surface area contributed by atoms with Crippen LogP contribution in [-0.2, 0) is 30.9 Å². The van der Waals surface area contributed by atoms with E-state index in [-0.39, 0.29) is 30.2 Å². The standard InChI is InChI=1S/C34H37N3O9S/c1-2-3-4-5-9-29(37-21-35-27-18-23(13-16-28(27)37)26-8-6-7-10-31(26)47(43,44)45)33(40)36-20-25(19-30(36)34(41)42)46-24-14-11-22(12-15-24)17-32(38)39/h6-8,10-16,18,21,25,29-30H,2-5,9,17,19-20H2,1H3,(H,38,39)(H,41,42)(H,43,44,45)/t25-,29-,30-/m0/s1. The third-order valence-corrected chi connectivity index (χ3v) is 9.33. The molecule has 5 rings (SSSR count). The molecule has 0 spiro atoms. The van der Waals surface area contributed by atoms with Gasteiger partial charge in [-0.1, -0.05) is 69.0 Å². The second-order valence-electron chi connectivity index (χ2n) is 11.7. The monoisotopic (exact) mass is 663 g/mol. The number of carboxylic acid groups (broad SMARTS) is 2. The van der Waals surface area contributed by atoms with Gasteiger partial charge in [0, 0.05) is 12.0 Å². The molecular weight excluding hydrogens is 626 g/mol. The maximum atomic E-state index is 14.3. The fourth-order valence-electron chi connectivity index (χ4n) is 6.13. The van der Waals surface area contributed by atoms with E-state index in [2.05, 4.69) is 11.9 Å². The molecule has 13 heteroatoms. The van der Waals surface area contributed by atoms with Gasteiger partial charge in [0.15, 0.2) is 0 Å². The Morgan fingerprint density at radius 1 is 1.00 bits per heavy atom. The minimum atomic E-state index is -4.48. The van der Waals surface area contributed by atoms with Crippen LogP contribution in [0, 0.1) is 0 Å². The highest BCUT2D eigenvalue weighted by Gasteiger charge is 2.43. The average molecular weight is 664 g/mol. The molecule has 0 bridgehead atoms. The van der Waals surface area contributed by atoms with Crippen molar-refractivity contribution < 1.29 is 42.3 Å². The van der Waals surface area contributed by atoms with Gasteiger partial charge in [-0.2, -0.15) is 8.42 Å². The molecule has 1 saturated heterocycles. The maximum Gasteiger partial charge on any atom is 0.326 e. The highest BCUT2D eigenvalue weighted by Crippen LogP contribution is 2.33. The number of imidazole rings is 1. The lowest BCUT2D eigenvalue weighted by Crippen LogP contribution is -2.44. The Hall–Kier alpha value is -4.75. The molecule has 3 N–H and O–H groups in total. The van der Waals surface area contributed by atoms with Crippen LogP contribution >= 0.6 is 0 Å². The molecule has 2 heterocycles. The van der Waals surface area contributed by atoms with Crippen LogP contribution in [0.25, 0.3) is 22.2 Å². The Kier molecular flexibility index (Phi) is 10.3. The van der Waals surface area contributed by atoms with Crippen molar-refractivity contribution in [3.05, 3.63) is 78.6 Å². The summed E-state index contributed by atoms with van der Waals surface area (Å²) >= 11 is 0. The molecule has 248 valence electrons. The van der Waals surface area contributed by atoms with E-state index >= 15 is 0 Å². The highest BCUT2D eigenvalue weighted by atomic mass is 32.2. The Bertz CT molecular complexity index is 1870. The molecule has 4 aromatic rings. The lowest BCUT2D eigenvalue weighted by molar-refractivity contribution is -0.149. The summed E-state index contributed by atoms with van der Waals surface area (Å²) in [5.41, 5.74) is 2.55. The first-order chi connectivity index (χ1) is 22.5. The van der Waals surface area contributed by atoms with E-state index < -0.39 is 40.2 Å². The summed E-state index contributed by atoms with van der Waals surface area (Å²) in [5, 5.41) is 19.1. The lowest BCUT2D eigenvalue weighted by Gasteiger charge is -2.28. The van der Waals surface area contributed by atoms with Gasteiger partial charge < -0.3 is 24.4 Å². The van der Waals surface area contributed by atoms with Crippen LogP contribution in [0.5, 0.6) is 5.75 Å². The number of carboxylic acids is 2. The Balaban J connectivity index is 1.43. The number of rotatable bonds is 14. The van der Waals surface area contributed by atoms with Crippen molar-refractivity contribution in [1.29, 1.82) is 0 Å². The van der Waals surface area contributed by atoms with Crippen LogP contribution in [-0.4, -0.2) is 74.2 Å². The number of amides is 1. The van der Waals surface area contributed by atoms with Gasteiger partial charge in [-0.25, -0.2) is 9.78 Å². The van der Waals surface area contributed by atoms with E-state index in [1.165, 1.54) is 17.0 Å². The number of nitrogens with zero attached hydrogens (tertiary/aromatic N) is 3. The van der Waals surface area contributed by atoms with Gasteiger partial charge in [0.1, 0.15) is 28.8 Å². The van der Waals surface area contributed by atoms with E-state index in [1.54, 1.807) is 65.5 Å². The smallest absolute Gasteiger partial charge is 0.326 e. The van der Waals surface area contributed by atoms with E-state index in [4.69, 9.17) is 9.84 Å². The summed E-state index contributed by atoms with van der Waals surface area (Å²) < 4.78 is 41.6. The van der Waals surface area contributed by atoms with Crippen LogP contribution in [0.15, 0.2) is 78.0 Å². The van der Waals surface area contributed by atoms with Crippen molar-refractivity contribution in [2.24, 2.45) is 0 Å². The number of fused-ring (bicyclic) bond motifs is 1. The Morgan fingerprint density at radius 3 is 2.43 bits per heavy atom. The summed E-state index contributed by atoms with van der Waals surface area (Å²) in [7, 11) is -4.48. The second kappa shape index (κ2) is 14.3. The van der Waals surface area contributed by atoms with Gasteiger partial charge in [-0.15, -0.1) is 0 Å². The SMILES string of the molecule is CCCCCC[C@@H](C(=O)N1C[C@@H](Oc2ccc(CC(=O)O)cc2)C[C@H]1C(=O)O)n1cnc2cc(-c3ccccc3S(=O)(=O)O)ccc21. The average Bonchev–Trinajstić information content (AvgIpc) is 3.65. The first-order valence-electron chi connectivity index (χ1n) is 15.5. The highest BCUT2D eigenvalue weighted by molar-refractivity contribution is 7.86. The van der Waals surface area contributed by atoms with Crippen LogP contribution in [0.4, 0.5) is 0 Å². The zero-order valence-electron chi connectivity index (χ0n) is 25.9. The van der Waals surface area contributed by atoms with Crippen molar-refractivity contribution in [1.82, 2.24) is 14.5 Å². The summed E-state index contributed by atoms with van der Waals surface area (Å²) in [4.78, 5) is 43.3. The van der Waals surface area contributed by atoms with Gasteiger partial charge in [0.25, 0.3) is 10.1 Å². The number of likely N-dealkylation sites (tertiary alicyclic amines) is 1. The van der Waals surface area contributed by atoms with E-state index in [0.29, 0.717) is 39.9 Å². The molecule has 1 aliphatic heterocycles. The molecular formula is C34H37N3O9S. The number of ether oxygens (including phenoxy) is 1. The van der Waals surface area contributed by atoms with Crippen LogP contribution in [0.1, 0.15) is 57.1 Å². The minimum absolute atomic E-state index is 0.0569. The van der Waals surface area contributed by atoms with Gasteiger partial charge in [0.05, 0.1) is 30.3 Å². The number of carbonyl (C=O) groups excluding carboxylic acids is 1. The molecule has 1 fully saturated rings. The van der Waals surface area contributed by atoms with Gasteiger partial charge >= 0.3 is 11.9 Å². The number of benzene rings is 3. The molecule has 0 unspecified atom stereocenters. The van der Waals surface area contributed by atoms with Crippen molar-refractivity contribution in [3.63, 3.8) is 0 Å². The quantitative estimate of drug-likeness (QED) is 0.120. The minimum Gasteiger partial charge on any atom is -0.488 e. The third kappa shape index (κ3) is 7.80. The zero-order chi connectivity index (χ0) is 33.7. The lowest BCUT2D eigenvalue weighted by atomic mass is 10.0. The zero-order valence-corrected chi connectivity index (χ0v) is 26.7. The second-order valence-corrected chi connectivity index (χ2v) is 13.1. The van der Waals surface area contributed by atoms with E-state index in [0.717, 1.165) is 25.7 Å². The normalized spacial score (nSPS) is 17.1. The fourth-order valence-corrected chi connectivity index (χ4v) is 6.84. The number of hydrogen-bond acceptors (Lipinski definition) is 7. The van der Waals surface area contributed by atoms with Gasteiger partial charge in [0.2, 0.25) is 5.91 Å². The first-order valence-corrected chi connectivity index (χ1v) is 16.9. The number of unbranched alkanes of at least 4 members (excludes halogenated alkanes) is 3. The third-order valence-electron chi connectivity index (χ3n) is 8.42. The van der Waals surface area contributed by atoms with Gasteiger partial charge in [-0.05, 0) is 47.9 Å². The van der Waals surface area contributed by atoms with Crippen molar-refractivity contribution in [3.8, 4) is 16.9 Å². The van der Waals surface area contributed by atoms with Crippen molar-refractivity contribution in [2.45, 2.75) is 75.0 Å². The number of hydrogen-bond donors (Lipinski definition) is 3. The first kappa shape index (κ1) is 33.6. The predicted molar refractivity (Wildman–Crippen MR) is 173 cm³/mol. The molecule has 3 aromatic carbocycles. The van der Waals surface area contributed by atoms with E-state index in [9.17, 15) is 32.5 Å². The largest absolute Gasteiger partial charge is 0.488 e. The topological polar surface area (TPSA) is 176 Å². The van der Waals surface area contributed by atoms with Crippen molar-refractivity contribution in [2.75, 3.05) is 6.54 Å². The van der Waals surface area contributed by atoms with Gasteiger partial charge in [-0.3, -0.25) is 14.1 Å². The van der Waals surface area contributed by atoms with Crippen molar-refractivity contribution >= 4 is 39.0 Å². The molecule has 3 atom stereocenters. The molecule has 1 aliphatic rings. The number of aliphatic carboxylic acids is 2. The van der Waals surface area contributed by atoms with Crippen LogP contribution in [0.3, 0.4) is 0 Å². The molecule has 0 aliphatic carbocycles. The summed E-state index contributed by atoms with van der Waals surface area (Å²) in [6, 6.07) is 15.9. The van der Waals surface area contributed by atoms with E-state index in [1.807, 2.05) is 0 Å². The predicted octanol–water partition coefficient (Wildman–Crippen LogP) is 5.22. The molecule has 0 saturated carbocycles. The molecule has 47 heavy (non-hydrogen) atoms. The van der Waals surface area contributed by atoms with Crippen LogP contribution < -0.4 is 4.74 Å². The molecule has 0 radical (unpaired) electrons. The summed E-state index contributed by atoms with van der Waals surface area (Å²) in [6.45, 7) is 2.15. The summed E-state index contributed by atoms with van der Waals surface area (Å²) in [5.74, 6) is -2.00. The fraction of sp³-hybridized carbons (Fsp3) is 0.353. The maximum absolute atomic E-state index is 14.3. The number of aromatic nitrogens is 2. The Morgan fingerprint density at radius 2 is 1.74 bits per heavy atom. The molecule has 1 amide bonds. The molecule has 1 aromatic heterocycles. The summed E-state index contributed by atoms with van der Waals surface area (Å²) in [6.07, 6.45) is 5.00. The molecule has 12 nitrogen and oxygen atoms in total. The Labute approximate surface area is 272 Å².